The fraction of sp³-hybridized carbons (Fsp3) is 0.600. The van der Waals surface area contributed by atoms with Gasteiger partial charge in [0.25, 0.3) is 10.0 Å². The molecule has 21 heavy (non-hydrogen) atoms. The molecular formula is C15H25N3O2S. The van der Waals surface area contributed by atoms with Crippen LogP contribution in [0.25, 0.3) is 0 Å². The standard InChI is InChI=1S/C15H25N3O2S/c1-13(2)16-12-14-7-6-8-15(11-14)21(19,20)17-18-9-4-3-5-10-18/h6-8,11,13,16-17H,3-5,9-10,12H2,1-2H3. The third-order valence-electron chi connectivity index (χ3n) is 3.53. The molecule has 0 amide bonds. The molecule has 0 spiro atoms. The van der Waals surface area contributed by atoms with E-state index in [2.05, 4.69) is 24.0 Å². The zero-order valence-corrected chi connectivity index (χ0v) is 13.6. The fourth-order valence-electron chi connectivity index (χ4n) is 2.35. The smallest absolute Gasteiger partial charge is 0.253 e. The van der Waals surface area contributed by atoms with Gasteiger partial charge in [0.2, 0.25) is 0 Å². The molecule has 1 saturated heterocycles. The van der Waals surface area contributed by atoms with Crippen molar-refractivity contribution in [2.24, 2.45) is 0 Å². The third-order valence-corrected chi connectivity index (χ3v) is 4.90. The Morgan fingerprint density at radius 3 is 2.57 bits per heavy atom. The topological polar surface area (TPSA) is 61.4 Å². The van der Waals surface area contributed by atoms with Crippen molar-refractivity contribution in [1.29, 1.82) is 0 Å². The van der Waals surface area contributed by atoms with Gasteiger partial charge in [0.05, 0.1) is 4.90 Å². The Morgan fingerprint density at radius 2 is 1.90 bits per heavy atom. The predicted molar refractivity (Wildman–Crippen MR) is 84.2 cm³/mol. The largest absolute Gasteiger partial charge is 0.310 e. The van der Waals surface area contributed by atoms with Gasteiger partial charge in [-0.3, -0.25) is 0 Å². The maximum Gasteiger partial charge on any atom is 0.253 e. The van der Waals surface area contributed by atoms with Crippen LogP contribution in [0.5, 0.6) is 0 Å². The molecule has 1 aliphatic heterocycles. The Hall–Kier alpha value is -0.950. The van der Waals surface area contributed by atoms with Crippen LogP contribution in [0.2, 0.25) is 0 Å². The second kappa shape index (κ2) is 7.35. The van der Waals surface area contributed by atoms with Gasteiger partial charge in [0.1, 0.15) is 0 Å². The average Bonchev–Trinajstić information content (AvgIpc) is 2.46. The minimum atomic E-state index is -3.47. The molecule has 118 valence electrons. The molecule has 0 bridgehead atoms. The van der Waals surface area contributed by atoms with E-state index in [4.69, 9.17) is 0 Å². The molecular weight excluding hydrogens is 286 g/mol. The van der Waals surface area contributed by atoms with E-state index in [0.717, 1.165) is 31.5 Å². The van der Waals surface area contributed by atoms with E-state index in [-0.39, 0.29) is 0 Å². The van der Waals surface area contributed by atoms with Gasteiger partial charge in [-0.2, -0.15) is 0 Å². The van der Waals surface area contributed by atoms with Gasteiger partial charge < -0.3 is 5.32 Å². The van der Waals surface area contributed by atoms with Crippen LogP contribution < -0.4 is 10.1 Å². The normalized spacial score (nSPS) is 17.3. The summed E-state index contributed by atoms with van der Waals surface area (Å²) in [6.07, 6.45) is 3.26. The maximum absolute atomic E-state index is 12.4. The Balaban J connectivity index is 2.06. The van der Waals surface area contributed by atoms with Gasteiger partial charge in [-0.15, -0.1) is 4.83 Å². The molecule has 1 aromatic carbocycles. The highest BCUT2D eigenvalue weighted by molar-refractivity contribution is 7.89. The van der Waals surface area contributed by atoms with E-state index >= 15 is 0 Å². The number of hydrazine groups is 1. The van der Waals surface area contributed by atoms with Crippen molar-refractivity contribution in [3.05, 3.63) is 29.8 Å². The van der Waals surface area contributed by atoms with E-state index in [9.17, 15) is 8.42 Å². The number of hydrogen-bond donors (Lipinski definition) is 2. The van der Waals surface area contributed by atoms with Crippen molar-refractivity contribution >= 4 is 10.0 Å². The van der Waals surface area contributed by atoms with E-state index < -0.39 is 10.0 Å². The van der Waals surface area contributed by atoms with Crippen LogP contribution in [-0.4, -0.2) is 32.6 Å². The monoisotopic (exact) mass is 311 g/mol. The first-order chi connectivity index (χ1) is 9.97. The lowest BCUT2D eigenvalue weighted by atomic mass is 10.2. The van der Waals surface area contributed by atoms with Crippen molar-refractivity contribution in [3.63, 3.8) is 0 Å². The molecule has 1 aliphatic rings. The van der Waals surface area contributed by atoms with Crippen molar-refractivity contribution in [2.75, 3.05) is 13.1 Å². The summed E-state index contributed by atoms with van der Waals surface area (Å²) in [7, 11) is -3.47. The molecule has 0 aromatic heterocycles. The van der Waals surface area contributed by atoms with E-state index in [0.29, 0.717) is 17.5 Å². The number of hydrogen-bond acceptors (Lipinski definition) is 4. The first-order valence-corrected chi connectivity index (χ1v) is 9.05. The Morgan fingerprint density at radius 1 is 1.19 bits per heavy atom. The van der Waals surface area contributed by atoms with Gasteiger partial charge in [0, 0.05) is 25.7 Å². The lowest BCUT2D eigenvalue weighted by Gasteiger charge is -2.26. The van der Waals surface area contributed by atoms with Gasteiger partial charge in [-0.1, -0.05) is 32.4 Å². The zero-order valence-electron chi connectivity index (χ0n) is 12.8. The van der Waals surface area contributed by atoms with Crippen LogP contribution in [0.4, 0.5) is 0 Å². The summed E-state index contributed by atoms with van der Waals surface area (Å²) in [5.41, 5.74) is 0.977. The van der Waals surface area contributed by atoms with Crippen molar-refractivity contribution < 1.29 is 8.42 Å². The summed E-state index contributed by atoms with van der Waals surface area (Å²) in [5, 5.41) is 5.10. The van der Waals surface area contributed by atoms with Gasteiger partial charge in [0.15, 0.2) is 0 Å². The van der Waals surface area contributed by atoms with E-state index in [1.807, 2.05) is 6.07 Å². The summed E-state index contributed by atoms with van der Waals surface area (Å²) in [6, 6.07) is 7.49. The summed E-state index contributed by atoms with van der Waals surface area (Å²) in [4.78, 5) is 3.02. The molecule has 2 N–H and O–H groups in total. The highest BCUT2D eigenvalue weighted by Gasteiger charge is 2.20. The minimum Gasteiger partial charge on any atom is -0.310 e. The van der Waals surface area contributed by atoms with Gasteiger partial charge in [-0.05, 0) is 30.5 Å². The highest BCUT2D eigenvalue weighted by atomic mass is 32.2. The highest BCUT2D eigenvalue weighted by Crippen LogP contribution is 2.14. The maximum atomic E-state index is 12.4. The average molecular weight is 311 g/mol. The Labute approximate surface area is 127 Å². The van der Waals surface area contributed by atoms with Crippen LogP contribution in [0.15, 0.2) is 29.2 Å². The number of rotatable bonds is 6. The number of piperidine rings is 1. The Kier molecular flexibility index (Phi) is 5.75. The van der Waals surface area contributed by atoms with Crippen molar-refractivity contribution in [3.8, 4) is 0 Å². The molecule has 6 heteroatoms. The molecule has 1 fully saturated rings. The van der Waals surface area contributed by atoms with Crippen LogP contribution in [0.1, 0.15) is 38.7 Å². The predicted octanol–water partition coefficient (Wildman–Crippen LogP) is 1.86. The summed E-state index contributed by atoms with van der Waals surface area (Å²) < 4.78 is 24.8. The molecule has 0 aliphatic carbocycles. The Bertz CT molecular complexity index is 552. The SMILES string of the molecule is CC(C)NCc1cccc(S(=O)(=O)NN2CCCCC2)c1. The van der Waals surface area contributed by atoms with Crippen LogP contribution >= 0.6 is 0 Å². The molecule has 0 atom stereocenters. The van der Waals surface area contributed by atoms with E-state index in [1.54, 1.807) is 23.2 Å². The van der Waals surface area contributed by atoms with Crippen molar-refractivity contribution in [1.82, 2.24) is 15.2 Å². The molecule has 2 rings (SSSR count). The first-order valence-electron chi connectivity index (χ1n) is 7.57. The molecule has 1 heterocycles. The molecule has 0 unspecified atom stereocenters. The summed E-state index contributed by atoms with van der Waals surface area (Å²) in [6.45, 7) is 6.38. The number of benzene rings is 1. The quantitative estimate of drug-likeness (QED) is 0.842. The molecule has 0 saturated carbocycles. The lowest BCUT2D eigenvalue weighted by Crippen LogP contribution is -2.44. The number of sulfonamides is 1. The van der Waals surface area contributed by atoms with Crippen molar-refractivity contribution in [2.45, 2.75) is 50.6 Å². The molecule has 5 nitrogen and oxygen atoms in total. The molecule has 1 aromatic rings. The molecule has 0 radical (unpaired) electrons. The second-order valence-corrected chi connectivity index (χ2v) is 7.49. The lowest BCUT2D eigenvalue weighted by molar-refractivity contribution is 0.200. The minimum absolute atomic E-state index is 0.330. The zero-order chi connectivity index (χ0) is 15.3. The van der Waals surface area contributed by atoms with E-state index in [1.165, 1.54) is 6.42 Å². The third kappa shape index (κ3) is 5.07. The second-order valence-electron chi connectivity index (χ2n) is 5.83. The summed E-state index contributed by atoms with van der Waals surface area (Å²) >= 11 is 0. The number of nitrogens with zero attached hydrogens (tertiary/aromatic N) is 1. The van der Waals surface area contributed by atoms with Crippen LogP contribution in [-0.2, 0) is 16.6 Å². The van der Waals surface area contributed by atoms with Gasteiger partial charge >= 0.3 is 0 Å². The fourth-order valence-corrected chi connectivity index (χ4v) is 3.54. The van der Waals surface area contributed by atoms with Crippen LogP contribution in [0.3, 0.4) is 0 Å². The first kappa shape index (κ1) is 16.4. The van der Waals surface area contributed by atoms with Crippen LogP contribution in [0, 0.1) is 0 Å². The number of nitrogens with one attached hydrogen (secondary N) is 2. The summed E-state index contributed by atoms with van der Waals surface area (Å²) in [5.74, 6) is 0. The van der Waals surface area contributed by atoms with Gasteiger partial charge in [-0.25, -0.2) is 13.4 Å².